The zero-order valence-electron chi connectivity index (χ0n) is 11.6. The molecule has 1 saturated heterocycles. The second-order valence-electron chi connectivity index (χ2n) is 7.05. The number of alkyl halides is 2. The summed E-state index contributed by atoms with van der Waals surface area (Å²) in [5.74, 6) is -3.14. The van der Waals surface area contributed by atoms with Crippen LogP contribution in [0.15, 0.2) is 0 Å². The maximum Gasteiger partial charge on any atom is 0.471 e. The van der Waals surface area contributed by atoms with Gasteiger partial charge in [-0.1, -0.05) is 12.8 Å². The van der Waals surface area contributed by atoms with Crippen LogP contribution in [0.3, 0.4) is 0 Å². The number of hydrogen-bond donors (Lipinski definition) is 0. The highest BCUT2D eigenvalue weighted by atomic mass is 19.3. The molecule has 102 valence electrons. The molecular weight excluding hydrogens is 237 g/mol. The van der Waals surface area contributed by atoms with Crippen molar-refractivity contribution in [2.45, 2.75) is 75.8 Å². The van der Waals surface area contributed by atoms with E-state index in [0.29, 0.717) is 12.8 Å². The molecule has 0 bridgehead atoms. The Labute approximate surface area is 108 Å². The minimum absolute atomic E-state index is 0.521. The van der Waals surface area contributed by atoms with Crippen LogP contribution in [-0.4, -0.2) is 24.2 Å². The van der Waals surface area contributed by atoms with Gasteiger partial charge in [0.2, 0.25) is 0 Å². The first kappa shape index (κ1) is 12.9. The smallest absolute Gasteiger partial charge is 0.403 e. The van der Waals surface area contributed by atoms with Gasteiger partial charge < -0.3 is 9.31 Å². The van der Waals surface area contributed by atoms with E-state index in [9.17, 15) is 8.78 Å². The van der Waals surface area contributed by atoms with E-state index in [1.54, 1.807) is 0 Å². The van der Waals surface area contributed by atoms with Gasteiger partial charge in [-0.05, 0) is 40.5 Å². The first-order chi connectivity index (χ1) is 8.15. The van der Waals surface area contributed by atoms with Gasteiger partial charge in [-0.25, -0.2) is 8.78 Å². The van der Waals surface area contributed by atoms with Crippen molar-refractivity contribution in [2.24, 2.45) is 5.92 Å². The Morgan fingerprint density at radius 2 is 1.56 bits per heavy atom. The average Bonchev–Trinajstić information content (AvgIpc) is 2.66. The lowest BCUT2D eigenvalue weighted by Crippen LogP contribution is -2.41. The van der Waals surface area contributed by atoms with Gasteiger partial charge in [-0.3, -0.25) is 0 Å². The van der Waals surface area contributed by atoms with E-state index in [4.69, 9.17) is 9.31 Å². The molecule has 0 aromatic rings. The molecule has 0 N–H and O–H groups in total. The summed E-state index contributed by atoms with van der Waals surface area (Å²) in [6.07, 6.45) is 2.90. The molecule has 3 rings (SSSR count). The van der Waals surface area contributed by atoms with Crippen LogP contribution in [0.2, 0.25) is 5.31 Å². The molecule has 0 spiro atoms. The van der Waals surface area contributed by atoms with Crippen molar-refractivity contribution in [3.63, 3.8) is 0 Å². The van der Waals surface area contributed by atoms with Gasteiger partial charge >= 0.3 is 7.12 Å². The minimum atomic E-state index is -2.61. The van der Waals surface area contributed by atoms with E-state index in [1.165, 1.54) is 0 Å². The highest BCUT2D eigenvalue weighted by Crippen LogP contribution is 2.80. The van der Waals surface area contributed by atoms with Crippen molar-refractivity contribution in [3.05, 3.63) is 0 Å². The molecule has 0 aromatic heterocycles. The Morgan fingerprint density at radius 3 is 2.06 bits per heavy atom. The first-order valence-corrected chi connectivity index (χ1v) is 6.89. The zero-order valence-corrected chi connectivity index (χ0v) is 11.6. The minimum Gasteiger partial charge on any atom is -0.403 e. The van der Waals surface area contributed by atoms with Crippen LogP contribution in [0.1, 0.15) is 53.4 Å². The first-order valence-electron chi connectivity index (χ1n) is 6.89. The molecular formula is C13H21BF2O2. The fourth-order valence-electron chi connectivity index (χ4n) is 3.59. The Hall–Kier alpha value is -0.155. The number of rotatable bonds is 1. The molecule has 2 atom stereocenters. The quantitative estimate of drug-likeness (QED) is 0.668. The number of hydrogen-bond acceptors (Lipinski definition) is 2. The summed E-state index contributed by atoms with van der Waals surface area (Å²) in [4.78, 5) is 0. The standard InChI is InChI=1S/C13H21BF2O2/c1-10(2)11(3,4)18-14(17-10)12-8-6-5-7-9(12)13(12,15)16/h9H,5-8H2,1-4H3/t9-,12-/m1/s1. The van der Waals surface area contributed by atoms with Gasteiger partial charge in [0, 0.05) is 5.92 Å². The zero-order chi connectivity index (χ0) is 13.4. The van der Waals surface area contributed by atoms with Crippen LogP contribution in [0, 0.1) is 5.92 Å². The van der Waals surface area contributed by atoms with E-state index in [1.807, 2.05) is 27.7 Å². The third kappa shape index (κ3) is 1.30. The average molecular weight is 258 g/mol. The molecule has 18 heavy (non-hydrogen) atoms. The van der Waals surface area contributed by atoms with Crippen LogP contribution in [0.5, 0.6) is 0 Å². The van der Waals surface area contributed by atoms with Crippen molar-refractivity contribution in [1.29, 1.82) is 0 Å². The summed E-state index contributed by atoms with van der Waals surface area (Å²) in [6.45, 7) is 7.67. The Morgan fingerprint density at radius 1 is 1.00 bits per heavy atom. The third-order valence-electron chi connectivity index (χ3n) is 5.60. The molecule has 5 heteroatoms. The monoisotopic (exact) mass is 258 g/mol. The predicted molar refractivity (Wildman–Crippen MR) is 65.7 cm³/mol. The van der Waals surface area contributed by atoms with Crippen LogP contribution >= 0.6 is 0 Å². The van der Waals surface area contributed by atoms with Crippen LogP contribution in [-0.2, 0) is 9.31 Å². The van der Waals surface area contributed by atoms with Crippen molar-refractivity contribution in [2.75, 3.05) is 0 Å². The third-order valence-corrected chi connectivity index (χ3v) is 5.60. The van der Waals surface area contributed by atoms with E-state index >= 15 is 0 Å². The van der Waals surface area contributed by atoms with Gasteiger partial charge in [-0.15, -0.1) is 0 Å². The fourth-order valence-corrected chi connectivity index (χ4v) is 3.59. The largest absolute Gasteiger partial charge is 0.471 e. The lowest BCUT2D eigenvalue weighted by Gasteiger charge is -2.32. The summed E-state index contributed by atoms with van der Waals surface area (Å²) in [5, 5.41) is -1.05. The lowest BCUT2D eigenvalue weighted by atomic mass is 9.61. The fraction of sp³-hybridized carbons (Fsp3) is 1.00. The molecule has 2 aliphatic carbocycles. The molecule has 0 aromatic carbocycles. The molecule has 0 unspecified atom stereocenters. The van der Waals surface area contributed by atoms with Gasteiger partial charge in [0.25, 0.3) is 5.92 Å². The van der Waals surface area contributed by atoms with E-state index in [-0.39, 0.29) is 0 Å². The van der Waals surface area contributed by atoms with E-state index < -0.39 is 35.5 Å². The normalized spacial score (nSPS) is 43.7. The second kappa shape index (κ2) is 3.29. The summed E-state index contributed by atoms with van der Waals surface area (Å²) in [6, 6.07) is 0. The summed E-state index contributed by atoms with van der Waals surface area (Å²) < 4.78 is 40.1. The maximum absolute atomic E-state index is 14.2. The van der Waals surface area contributed by atoms with Gasteiger partial charge in [0.05, 0.1) is 16.5 Å². The molecule has 2 nitrogen and oxygen atoms in total. The lowest BCUT2D eigenvalue weighted by molar-refractivity contribution is 0.00578. The molecule has 3 aliphatic rings. The van der Waals surface area contributed by atoms with Gasteiger partial charge in [0.1, 0.15) is 0 Å². The van der Waals surface area contributed by atoms with E-state index in [0.717, 1.165) is 12.8 Å². The van der Waals surface area contributed by atoms with Crippen molar-refractivity contribution in [3.8, 4) is 0 Å². The number of halogens is 2. The summed E-state index contributed by atoms with van der Waals surface area (Å²) in [5.41, 5.74) is -1.04. The topological polar surface area (TPSA) is 18.5 Å². The summed E-state index contributed by atoms with van der Waals surface area (Å²) in [7, 11) is -0.747. The van der Waals surface area contributed by atoms with Crippen molar-refractivity contribution in [1.82, 2.24) is 0 Å². The molecule has 0 amide bonds. The molecule has 1 aliphatic heterocycles. The van der Waals surface area contributed by atoms with Gasteiger partial charge in [-0.2, -0.15) is 0 Å². The van der Waals surface area contributed by atoms with Crippen molar-refractivity contribution >= 4 is 7.12 Å². The Kier molecular flexibility index (Phi) is 2.35. The Balaban J connectivity index is 1.89. The van der Waals surface area contributed by atoms with E-state index in [2.05, 4.69) is 0 Å². The number of fused-ring (bicyclic) bond motifs is 1. The van der Waals surface area contributed by atoms with Crippen molar-refractivity contribution < 1.29 is 18.1 Å². The SMILES string of the molecule is CC1(C)OB([C@]23CCCC[C@H]2C3(F)F)OC1(C)C. The Bertz CT molecular complexity index is 367. The molecule has 2 saturated carbocycles. The van der Waals surface area contributed by atoms with Crippen LogP contribution in [0.25, 0.3) is 0 Å². The van der Waals surface area contributed by atoms with Gasteiger partial charge in [0.15, 0.2) is 0 Å². The highest BCUT2D eigenvalue weighted by molar-refractivity contribution is 6.52. The molecule has 1 heterocycles. The molecule has 3 fully saturated rings. The maximum atomic E-state index is 14.2. The van der Waals surface area contributed by atoms with Crippen LogP contribution < -0.4 is 0 Å². The highest BCUT2D eigenvalue weighted by Gasteiger charge is 2.87. The second-order valence-corrected chi connectivity index (χ2v) is 7.05. The summed E-state index contributed by atoms with van der Waals surface area (Å²) >= 11 is 0. The van der Waals surface area contributed by atoms with Crippen LogP contribution in [0.4, 0.5) is 8.78 Å². The predicted octanol–water partition coefficient (Wildman–Crippen LogP) is 3.66. The molecule has 0 radical (unpaired) electrons.